The minimum Gasteiger partial charge on any atom is -0.391 e. The molecular weight excluding hydrogens is 272 g/mol. The summed E-state index contributed by atoms with van der Waals surface area (Å²) in [5.41, 5.74) is 2.71. The molecule has 1 aliphatic rings. The summed E-state index contributed by atoms with van der Waals surface area (Å²) in [5, 5.41) is 4.04. The van der Waals surface area contributed by atoms with Crippen molar-refractivity contribution in [3.8, 4) is 0 Å². The van der Waals surface area contributed by atoms with E-state index in [-0.39, 0.29) is 5.91 Å². The number of anilines is 1. The van der Waals surface area contributed by atoms with Crippen LogP contribution in [0.15, 0.2) is 40.9 Å². The van der Waals surface area contributed by atoms with E-state index in [0.29, 0.717) is 18.9 Å². The smallest absolute Gasteiger partial charge is 0.237 e. The molecule has 1 heterocycles. The van der Waals surface area contributed by atoms with Gasteiger partial charge in [0, 0.05) is 17.0 Å². The fraction of sp³-hybridized carbons (Fsp3) is 0.333. The number of rotatable bonds is 5. The first-order valence-corrected chi connectivity index (χ1v) is 7.51. The lowest BCUT2D eigenvalue weighted by molar-refractivity contribution is -0.116. The summed E-state index contributed by atoms with van der Waals surface area (Å²) in [7, 11) is 0. The van der Waals surface area contributed by atoms with Crippen LogP contribution in [0.1, 0.15) is 19.4 Å². The lowest BCUT2D eigenvalue weighted by Gasteiger charge is -2.28. The minimum absolute atomic E-state index is 0.152. The van der Waals surface area contributed by atoms with Gasteiger partial charge in [0.25, 0.3) is 0 Å². The van der Waals surface area contributed by atoms with Crippen LogP contribution in [0.2, 0.25) is 0 Å². The van der Waals surface area contributed by atoms with Gasteiger partial charge >= 0.3 is 0 Å². The largest absolute Gasteiger partial charge is 0.391 e. The molecular formula is C15H18N2O2S. The number of carbonyl (C=O) groups is 1. The molecule has 1 amide bonds. The number of hydrogen-bond donors (Lipinski definition) is 0. The van der Waals surface area contributed by atoms with Gasteiger partial charge in [0.2, 0.25) is 5.91 Å². The highest BCUT2D eigenvalue weighted by molar-refractivity contribution is 8.00. The van der Waals surface area contributed by atoms with Crippen molar-refractivity contribution in [2.75, 3.05) is 23.8 Å². The Kier molecular flexibility index (Phi) is 4.84. The van der Waals surface area contributed by atoms with Gasteiger partial charge in [0.05, 0.1) is 17.2 Å². The molecule has 0 fully saturated rings. The van der Waals surface area contributed by atoms with Crippen molar-refractivity contribution in [3.05, 3.63) is 36.4 Å². The fourth-order valence-electron chi connectivity index (χ4n) is 2.01. The highest BCUT2D eigenvalue weighted by Gasteiger charge is 2.23. The number of carbonyl (C=O) groups excluding carboxylic acids is 1. The summed E-state index contributed by atoms with van der Waals surface area (Å²) in [5.74, 6) is 0.662. The molecule has 0 bridgehead atoms. The summed E-state index contributed by atoms with van der Waals surface area (Å²) in [4.78, 5) is 20.0. The van der Waals surface area contributed by atoms with E-state index >= 15 is 0 Å². The van der Waals surface area contributed by atoms with Gasteiger partial charge in [-0.2, -0.15) is 0 Å². The van der Waals surface area contributed by atoms with Crippen LogP contribution in [0, 0.1) is 0 Å². The first-order valence-electron chi connectivity index (χ1n) is 6.52. The van der Waals surface area contributed by atoms with Crippen molar-refractivity contribution in [1.29, 1.82) is 0 Å². The van der Waals surface area contributed by atoms with Gasteiger partial charge in [-0.15, -0.1) is 11.8 Å². The van der Waals surface area contributed by atoms with Crippen molar-refractivity contribution in [1.82, 2.24) is 0 Å². The Hall–Kier alpha value is -1.75. The van der Waals surface area contributed by atoms with E-state index in [4.69, 9.17) is 4.84 Å². The summed E-state index contributed by atoms with van der Waals surface area (Å²) < 4.78 is 0. The fourth-order valence-corrected chi connectivity index (χ4v) is 2.93. The van der Waals surface area contributed by atoms with E-state index in [9.17, 15) is 4.79 Å². The predicted octanol–water partition coefficient (Wildman–Crippen LogP) is 3.07. The van der Waals surface area contributed by atoms with Gasteiger partial charge in [-0.05, 0) is 26.0 Å². The molecule has 0 radical (unpaired) electrons. The van der Waals surface area contributed by atoms with Gasteiger partial charge in [-0.3, -0.25) is 4.79 Å². The number of thioether (sulfide) groups is 1. The number of nitrogens with zero attached hydrogens (tertiary/aromatic N) is 2. The van der Waals surface area contributed by atoms with Crippen molar-refractivity contribution in [3.63, 3.8) is 0 Å². The molecule has 20 heavy (non-hydrogen) atoms. The Balaban J connectivity index is 2.30. The lowest BCUT2D eigenvalue weighted by atomic mass is 10.1. The van der Waals surface area contributed by atoms with Gasteiger partial charge in [-0.1, -0.05) is 23.9 Å². The molecule has 0 aliphatic carbocycles. The molecule has 0 spiro atoms. The molecule has 1 aliphatic heterocycles. The van der Waals surface area contributed by atoms with Crippen LogP contribution in [0.5, 0.6) is 0 Å². The van der Waals surface area contributed by atoms with E-state index in [0.717, 1.165) is 21.9 Å². The SMILES string of the molecule is C=CCO/N=C(\C)c1ccc2c(c1)N(CC)C(=O)CS2. The van der Waals surface area contributed by atoms with Crippen LogP contribution in [-0.2, 0) is 9.63 Å². The second-order valence-corrected chi connectivity index (χ2v) is 5.39. The zero-order valence-corrected chi connectivity index (χ0v) is 12.6. The quantitative estimate of drug-likeness (QED) is 0.362. The van der Waals surface area contributed by atoms with E-state index in [1.807, 2.05) is 36.9 Å². The lowest BCUT2D eigenvalue weighted by Crippen LogP contribution is -2.35. The van der Waals surface area contributed by atoms with Crippen molar-refractivity contribution in [2.45, 2.75) is 18.7 Å². The van der Waals surface area contributed by atoms with E-state index in [1.54, 1.807) is 17.8 Å². The van der Waals surface area contributed by atoms with Crippen molar-refractivity contribution in [2.24, 2.45) is 5.16 Å². The summed E-state index contributed by atoms with van der Waals surface area (Å²) >= 11 is 1.58. The number of fused-ring (bicyclic) bond motifs is 1. The molecule has 1 aromatic rings. The number of oxime groups is 1. The molecule has 2 rings (SSSR count). The molecule has 4 nitrogen and oxygen atoms in total. The molecule has 0 saturated heterocycles. The monoisotopic (exact) mass is 290 g/mol. The topological polar surface area (TPSA) is 41.9 Å². The van der Waals surface area contributed by atoms with E-state index < -0.39 is 0 Å². The molecule has 5 heteroatoms. The van der Waals surface area contributed by atoms with Gasteiger partial charge < -0.3 is 9.74 Å². The van der Waals surface area contributed by atoms with Crippen LogP contribution < -0.4 is 4.90 Å². The number of hydrogen-bond acceptors (Lipinski definition) is 4. The average molecular weight is 290 g/mol. The molecule has 0 N–H and O–H groups in total. The third kappa shape index (κ3) is 3.04. The summed E-state index contributed by atoms with van der Waals surface area (Å²) in [6.45, 7) is 8.51. The predicted molar refractivity (Wildman–Crippen MR) is 83.6 cm³/mol. The zero-order chi connectivity index (χ0) is 14.5. The Labute approximate surface area is 123 Å². The Bertz CT molecular complexity index is 555. The molecule has 0 unspecified atom stereocenters. The van der Waals surface area contributed by atoms with E-state index in [2.05, 4.69) is 11.7 Å². The second-order valence-electron chi connectivity index (χ2n) is 4.37. The maximum atomic E-state index is 11.9. The highest BCUT2D eigenvalue weighted by atomic mass is 32.2. The van der Waals surface area contributed by atoms with Crippen LogP contribution >= 0.6 is 11.8 Å². The first-order chi connectivity index (χ1) is 9.67. The van der Waals surface area contributed by atoms with Gasteiger partial charge in [-0.25, -0.2) is 0 Å². The highest BCUT2D eigenvalue weighted by Crippen LogP contribution is 2.35. The Morgan fingerprint density at radius 3 is 3.10 bits per heavy atom. The standard InChI is InChI=1S/C15H18N2O2S/c1-4-8-19-16-11(3)12-6-7-14-13(9-12)17(5-2)15(18)10-20-14/h4,6-7,9H,1,5,8,10H2,2-3H3/b16-11+. The maximum Gasteiger partial charge on any atom is 0.237 e. The van der Waals surface area contributed by atoms with Crippen molar-refractivity contribution >= 4 is 29.1 Å². The third-order valence-corrected chi connectivity index (χ3v) is 4.08. The Morgan fingerprint density at radius 1 is 1.60 bits per heavy atom. The average Bonchev–Trinajstić information content (AvgIpc) is 2.46. The second kappa shape index (κ2) is 6.61. The van der Waals surface area contributed by atoms with Crippen LogP contribution in [0.4, 0.5) is 5.69 Å². The molecule has 106 valence electrons. The van der Waals surface area contributed by atoms with Gasteiger partial charge in [0.1, 0.15) is 6.61 Å². The first kappa shape index (κ1) is 14.7. The van der Waals surface area contributed by atoms with Crippen LogP contribution in [0.25, 0.3) is 0 Å². The molecule has 0 saturated carbocycles. The maximum absolute atomic E-state index is 11.9. The van der Waals surface area contributed by atoms with E-state index in [1.165, 1.54) is 0 Å². The molecule has 0 atom stereocenters. The Morgan fingerprint density at radius 2 is 2.40 bits per heavy atom. The van der Waals surface area contributed by atoms with Gasteiger partial charge in [0.15, 0.2) is 0 Å². The number of benzene rings is 1. The van der Waals surface area contributed by atoms with Crippen LogP contribution in [-0.4, -0.2) is 30.5 Å². The van der Waals surface area contributed by atoms with Crippen molar-refractivity contribution < 1.29 is 9.63 Å². The molecule has 0 aromatic heterocycles. The normalized spacial score (nSPS) is 15.0. The summed E-state index contributed by atoms with van der Waals surface area (Å²) in [6, 6.07) is 6.04. The molecule has 1 aromatic carbocycles. The third-order valence-electron chi connectivity index (χ3n) is 3.03. The zero-order valence-electron chi connectivity index (χ0n) is 11.8. The summed E-state index contributed by atoms with van der Waals surface area (Å²) in [6.07, 6.45) is 1.65. The minimum atomic E-state index is 0.152. The van der Waals surface area contributed by atoms with Crippen LogP contribution in [0.3, 0.4) is 0 Å². The number of amides is 1.